The van der Waals surface area contributed by atoms with Crippen LogP contribution >= 0.6 is 0 Å². The van der Waals surface area contributed by atoms with Gasteiger partial charge in [0.2, 0.25) is 0 Å². The van der Waals surface area contributed by atoms with Gasteiger partial charge in [-0.3, -0.25) is 14.1 Å². The number of amides is 2. The highest BCUT2D eigenvalue weighted by atomic mass is 32.2. The number of primary amides is 2. The number of rotatable bonds is 4. The predicted octanol–water partition coefficient (Wildman–Crippen LogP) is 5.12. The molecular formula is C15H8F11N9O5S. The molecule has 41 heavy (non-hydrogen) atoms. The van der Waals surface area contributed by atoms with Crippen molar-refractivity contribution in [3.63, 3.8) is 0 Å². The number of nitrogens with zero attached hydrogens (tertiary/aromatic N) is 6. The maximum atomic E-state index is 13.0. The first-order chi connectivity index (χ1) is 18.1. The van der Waals surface area contributed by atoms with Crippen LogP contribution in [0, 0.1) is 46.5 Å². The number of halogens is 11. The zero-order valence-corrected chi connectivity index (χ0v) is 19.5. The van der Waals surface area contributed by atoms with Gasteiger partial charge in [-0.25, -0.2) is 35.1 Å². The van der Waals surface area contributed by atoms with Crippen molar-refractivity contribution in [1.29, 1.82) is 0 Å². The van der Waals surface area contributed by atoms with E-state index in [1.807, 2.05) is 9.82 Å². The lowest BCUT2D eigenvalue weighted by Crippen LogP contribution is -2.21. The third kappa shape index (κ3) is 8.80. The van der Waals surface area contributed by atoms with Crippen molar-refractivity contribution in [1.82, 2.24) is 6.15 Å². The summed E-state index contributed by atoms with van der Waals surface area (Å²) >= 11 is 0. The topological polar surface area (TPSA) is 273 Å². The lowest BCUT2D eigenvalue weighted by Gasteiger charge is -2.05. The minimum atomic E-state index is -5.84. The summed E-state index contributed by atoms with van der Waals surface area (Å²) in [5, 5.41) is 4.85. The van der Waals surface area contributed by atoms with E-state index < -0.39 is 96.5 Å². The van der Waals surface area contributed by atoms with Gasteiger partial charge in [0.05, 0.1) is 0 Å². The molecule has 0 saturated carbocycles. The second-order valence-electron chi connectivity index (χ2n) is 5.99. The zero-order chi connectivity index (χ0) is 31.9. The van der Waals surface area contributed by atoms with E-state index in [-0.39, 0.29) is 6.15 Å². The third-order valence-electron chi connectivity index (χ3n) is 3.56. The molecule has 0 spiro atoms. The monoisotopic (exact) mass is 635 g/mol. The van der Waals surface area contributed by atoms with Crippen molar-refractivity contribution in [3.8, 4) is 0 Å². The van der Waals surface area contributed by atoms with Gasteiger partial charge in [0.15, 0.2) is 46.5 Å². The Morgan fingerprint density at radius 1 is 0.659 bits per heavy atom. The SMILES string of the molecule is N.O=S(=O)(O)C(F)(F)F.[N-]=[N+]=Nc1c(F)c(F)c(C(N)=O)c(F)c1F.[N-]=[N+]=Nc1c(F)c(F)c(C(N)=O)c(F)c1F. The summed E-state index contributed by atoms with van der Waals surface area (Å²) in [4.78, 5) is 25.0. The van der Waals surface area contributed by atoms with E-state index in [9.17, 15) is 57.9 Å². The van der Waals surface area contributed by atoms with Crippen LogP contribution in [0.3, 0.4) is 0 Å². The average molecular weight is 635 g/mol. The van der Waals surface area contributed by atoms with Gasteiger partial charge < -0.3 is 17.6 Å². The first-order valence-electron chi connectivity index (χ1n) is 8.53. The molecule has 8 N–H and O–H groups in total. The first kappa shape index (κ1) is 38.2. The number of carbonyl (C=O) groups is 2. The Balaban J connectivity index is 0. The van der Waals surface area contributed by atoms with E-state index in [0.29, 0.717) is 0 Å². The molecule has 2 aromatic carbocycles. The van der Waals surface area contributed by atoms with Crippen LogP contribution in [0.15, 0.2) is 10.2 Å². The highest BCUT2D eigenvalue weighted by Gasteiger charge is 2.44. The molecule has 26 heteroatoms. The third-order valence-corrected chi connectivity index (χ3v) is 4.14. The average Bonchev–Trinajstić information content (AvgIpc) is 2.81. The summed E-state index contributed by atoms with van der Waals surface area (Å²) in [6.45, 7) is 0. The summed E-state index contributed by atoms with van der Waals surface area (Å²) in [6, 6.07) is 0. The summed E-state index contributed by atoms with van der Waals surface area (Å²) in [6.07, 6.45) is 0. The van der Waals surface area contributed by atoms with Crippen molar-refractivity contribution < 1.29 is 70.9 Å². The molecule has 2 amide bonds. The van der Waals surface area contributed by atoms with E-state index >= 15 is 0 Å². The number of benzene rings is 2. The molecule has 2 rings (SSSR count). The predicted molar refractivity (Wildman–Crippen MR) is 110 cm³/mol. The summed E-state index contributed by atoms with van der Waals surface area (Å²) in [5.74, 6) is -19.3. The molecule has 0 aliphatic carbocycles. The highest BCUT2D eigenvalue weighted by Crippen LogP contribution is 2.31. The molecule has 226 valence electrons. The van der Waals surface area contributed by atoms with Gasteiger partial charge in [0.25, 0.3) is 11.8 Å². The number of carbonyl (C=O) groups excluding carboxylic acids is 2. The molecule has 0 radical (unpaired) electrons. The van der Waals surface area contributed by atoms with Gasteiger partial charge in [0, 0.05) is 9.82 Å². The number of hydrogen-bond acceptors (Lipinski definition) is 7. The lowest BCUT2D eigenvalue weighted by molar-refractivity contribution is -0.0510. The summed E-state index contributed by atoms with van der Waals surface area (Å²) in [5.41, 5.74) is 13.2. The molecule has 0 aliphatic rings. The van der Waals surface area contributed by atoms with Crippen LogP contribution in [0.4, 0.5) is 59.7 Å². The minimum absolute atomic E-state index is 0. The Morgan fingerprint density at radius 3 is 0.976 bits per heavy atom. The molecule has 0 saturated heterocycles. The molecule has 0 bridgehead atoms. The fourth-order valence-electron chi connectivity index (χ4n) is 1.94. The largest absolute Gasteiger partial charge is 0.522 e. The van der Waals surface area contributed by atoms with Crippen molar-refractivity contribution in [3.05, 3.63) is 78.6 Å². The first-order valence-corrected chi connectivity index (χ1v) is 9.97. The van der Waals surface area contributed by atoms with Gasteiger partial charge in [-0.05, 0) is 11.1 Å². The number of azide groups is 2. The van der Waals surface area contributed by atoms with Gasteiger partial charge in [-0.1, -0.05) is 10.2 Å². The number of nitrogens with two attached hydrogens (primary N) is 2. The molecule has 0 aromatic heterocycles. The zero-order valence-electron chi connectivity index (χ0n) is 18.7. The Hall–Kier alpha value is -4.90. The Labute approximate surface area is 216 Å². The maximum absolute atomic E-state index is 13.0. The van der Waals surface area contributed by atoms with Crippen LogP contribution in [0.5, 0.6) is 0 Å². The molecule has 0 heterocycles. The number of alkyl halides is 3. The van der Waals surface area contributed by atoms with Crippen LogP contribution in [-0.2, 0) is 10.1 Å². The van der Waals surface area contributed by atoms with E-state index in [2.05, 4.69) is 21.7 Å². The molecule has 14 nitrogen and oxygen atoms in total. The molecular weight excluding hydrogens is 627 g/mol. The minimum Gasteiger partial charge on any atom is -0.365 e. The molecule has 0 atom stereocenters. The lowest BCUT2D eigenvalue weighted by atomic mass is 10.1. The van der Waals surface area contributed by atoms with Gasteiger partial charge in [0.1, 0.15) is 22.5 Å². The maximum Gasteiger partial charge on any atom is 0.522 e. The van der Waals surface area contributed by atoms with Gasteiger partial charge in [-0.15, -0.1) is 0 Å². The normalized spacial score (nSPS) is 10.3. The molecule has 0 aliphatic heterocycles. The quantitative estimate of drug-likeness (QED) is 0.0672. The standard InChI is InChI=1S/2C7H2F4N4O.CHF3O3S.H3N/c2*8-2-1(7(12)16)3(9)5(11)6(4(2)10)14-15-13;2-1(3,4)8(5,6)7;/h2*(H2,12,16);(H,5,6,7);1H3. The van der Waals surface area contributed by atoms with Gasteiger partial charge >= 0.3 is 15.6 Å². The Bertz CT molecular complexity index is 1350. The van der Waals surface area contributed by atoms with E-state index in [4.69, 9.17) is 24.0 Å². The second-order valence-corrected chi connectivity index (χ2v) is 7.40. The van der Waals surface area contributed by atoms with Crippen LogP contribution in [0.1, 0.15) is 20.7 Å². The van der Waals surface area contributed by atoms with E-state index in [0.717, 1.165) is 0 Å². The molecule has 0 unspecified atom stereocenters. The Kier molecular flexibility index (Phi) is 13.5. The number of hydrogen-bond donors (Lipinski definition) is 4. The van der Waals surface area contributed by atoms with Crippen LogP contribution < -0.4 is 17.6 Å². The van der Waals surface area contributed by atoms with Crippen molar-refractivity contribution >= 4 is 33.3 Å². The van der Waals surface area contributed by atoms with Crippen molar-refractivity contribution in [2.45, 2.75) is 5.51 Å². The molecule has 2 aromatic rings. The second kappa shape index (κ2) is 14.5. The fourth-order valence-corrected chi connectivity index (χ4v) is 1.94. The highest BCUT2D eigenvalue weighted by molar-refractivity contribution is 7.86. The van der Waals surface area contributed by atoms with Crippen molar-refractivity contribution in [2.24, 2.45) is 21.7 Å². The fraction of sp³-hybridized carbons (Fsp3) is 0.0667. The van der Waals surface area contributed by atoms with E-state index in [1.165, 1.54) is 0 Å². The van der Waals surface area contributed by atoms with Gasteiger partial charge in [-0.2, -0.15) is 21.6 Å². The van der Waals surface area contributed by atoms with E-state index in [1.54, 1.807) is 0 Å². The summed E-state index contributed by atoms with van der Waals surface area (Å²) < 4.78 is 162. The van der Waals surface area contributed by atoms with Crippen LogP contribution in [0.25, 0.3) is 20.9 Å². The van der Waals surface area contributed by atoms with Crippen LogP contribution in [0.2, 0.25) is 0 Å². The summed E-state index contributed by atoms with van der Waals surface area (Å²) in [7, 11) is -5.84. The Morgan fingerprint density at radius 2 is 0.854 bits per heavy atom. The van der Waals surface area contributed by atoms with Crippen LogP contribution in [-0.4, -0.2) is 30.3 Å². The smallest absolute Gasteiger partial charge is 0.365 e. The van der Waals surface area contributed by atoms with Crippen molar-refractivity contribution in [2.75, 3.05) is 0 Å². The molecule has 0 fully saturated rings.